The van der Waals surface area contributed by atoms with Crippen LogP contribution in [0.25, 0.3) is 0 Å². The van der Waals surface area contributed by atoms with Crippen molar-refractivity contribution in [2.45, 2.75) is 13.3 Å². The summed E-state index contributed by atoms with van der Waals surface area (Å²) in [5, 5.41) is 6.49. The van der Waals surface area contributed by atoms with Crippen molar-refractivity contribution in [3.8, 4) is 0 Å². The first-order valence-corrected chi connectivity index (χ1v) is 6.14. The van der Waals surface area contributed by atoms with Crippen molar-refractivity contribution < 1.29 is 9.32 Å². The van der Waals surface area contributed by atoms with Gasteiger partial charge in [0, 0.05) is 30.6 Å². The summed E-state index contributed by atoms with van der Waals surface area (Å²) >= 11 is 3.27. The van der Waals surface area contributed by atoms with Crippen LogP contribution < -0.4 is 5.32 Å². The Balaban J connectivity index is 1.87. The Kier molecular flexibility index (Phi) is 4.03. The number of amides is 1. The molecular weight excluding hydrogens is 300 g/mol. The van der Waals surface area contributed by atoms with E-state index in [1.54, 1.807) is 25.3 Å². The van der Waals surface area contributed by atoms with E-state index in [1.165, 1.54) is 0 Å². The lowest BCUT2D eigenvalue weighted by Gasteiger charge is -2.04. The zero-order chi connectivity index (χ0) is 13.0. The SMILES string of the molecule is Cc1nc(CCNC(=O)c2ncccc2Br)no1. The van der Waals surface area contributed by atoms with Gasteiger partial charge < -0.3 is 9.84 Å². The molecule has 2 heterocycles. The number of pyridine rings is 1. The molecule has 0 radical (unpaired) electrons. The first-order chi connectivity index (χ1) is 8.66. The second-order valence-corrected chi connectivity index (χ2v) is 4.42. The molecule has 0 aliphatic carbocycles. The average Bonchev–Trinajstić information content (AvgIpc) is 2.75. The van der Waals surface area contributed by atoms with Crippen LogP contribution in [0.4, 0.5) is 0 Å². The summed E-state index contributed by atoms with van der Waals surface area (Å²) < 4.78 is 5.50. The number of hydrogen-bond donors (Lipinski definition) is 1. The van der Waals surface area contributed by atoms with Crippen LogP contribution in [0.3, 0.4) is 0 Å². The van der Waals surface area contributed by atoms with E-state index in [0.29, 0.717) is 34.8 Å². The molecule has 2 rings (SSSR count). The number of carbonyl (C=O) groups is 1. The highest BCUT2D eigenvalue weighted by Crippen LogP contribution is 2.12. The monoisotopic (exact) mass is 310 g/mol. The Morgan fingerprint density at radius 2 is 2.39 bits per heavy atom. The number of aryl methyl sites for hydroxylation is 1. The van der Waals surface area contributed by atoms with Crippen LogP contribution in [0.15, 0.2) is 27.3 Å². The Morgan fingerprint density at radius 1 is 1.56 bits per heavy atom. The van der Waals surface area contributed by atoms with Crippen molar-refractivity contribution in [2.24, 2.45) is 0 Å². The summed E-state index contributed by atoms with van der Waals surface area (Å²) in [6, 6.07) is 3.52. The molecule has 0 saturated carbocycles. The maximum atomic E-state index is 11.8. The number of nitrogens with zero attached hydrogens (tertiary/aromatic N) is 3. The molecule has 1 N–H and O–H groups in total. The summed E-state index contributed by atoms with van der Waals surface area (Å²) in [4.78, 5) is 19.8. The molecule has 2 aromatic heterocycles. The molecule has 0 aliphatic heterocycles. The molecule has 0 fully saturated rings. The summed E-state index contributed by atoms with van der Waals surface area (Å²) in [6.45, 7) is 2.15. The van der Waals surface area contributed by atoms with Gasteiger partial charge in [0.25, 0.3) is 5.91 Å². The van der Waals surface area contributed by atoms with Gasteiger partial charge in [-0.05, 0) is 28.1 Å². The number of rotatable bonds is 4. The molecule has 6 nitrogen and oxygen atoms in total. The van der Waals surface area contributed by atoms with Gasteiger partial charge in [0.2, 0.25) is 5.89 Å². The van der Waals surface area contributed by atoms with Gasteiger partial charge in [0.15, 0.2) is 5.82 Å². The van der Waals surface area contributed by atoms with Crippen LogP contribution >= 0.6 is 15.9 Å². The smallest absolute Gasteiger partial charge is 0.271 e. The fourth-order valence-corrected chi connectivity index (χ4v) is 1.80. The van der Waals surface area contributed by atoms with Crippen LogP contribution in [0.2, 0.25) is 0 Å². The molecule has 18 heavy (non-hydrogen) atoms. The highest BCUT2D eigenvalue weighted by atomic mass is 79.9. The van der Waals surface area contributed by atoms with E-state index in [9.17, 15) is 4.79 Å². The Hall–Kier alpha value is -1.76. The second kappa shape index (κ2) is 5.72. The third-order valence-electron chi connectivity index (χ3n) is 2.18. The molecular formula is C11H11BrN4O2. The number of hydrogen-bond acceptors (Lipinski definition) is 5. The van der Waals surface area contributed by atoms with E-state index in [2.05, 4.69) is 36.4 Å². The zero-order valence-electron chi connectivity index (χ0n) is 9.68. The van der Waals surface area contributed by atoms with E-state index in [0.717, 1.165) is 0 Å². The Morgan fingerprint density at radius 3 is 3.06 bits per heavy atom. The van der Waals surface area contributed by atoms with Crippen LogP contribution in [0.5, 0.6) is 0 Å². The highest BCUT2D eigenvalue weighted by molar-refractivity contribution is 9.10. The quantitative estimate of drug-likeness (QED) is 0.925. The van der Waals surface area contributed by atoms with Gasteiger partial charge in [0.05, 0.1) is 0 Å². The van der Waals surface area contributed by atoms with Gasteiger partial charge in [-0.25, -0.2) is 4.98 Å². The van der Waals surface area contributed by atoms with E-state index >= 15 is 0 Å². The summed E-state index contributed by atoms with van der Waals surface area (Å²) in [5.41, 5.74) is 0.363. The van der Waals surface area contributed by atoms with Crippen molar-refractivity contribution in [1.29, 1.82) is 0 Å². The number of halogens is 1. The predicted molar refractivity (Wildman–Crippen MR) is 67.0 cm³/mol. The molecule has 0 saturated heterocycles. The molecule has 1 amide bonds. The predicted octanol–water partition coefficient (Wildman–Crippen LogP) is 1.51. The van der Waals surface area contributed by atoms with E-state index in [4.69, 9.17) is 4.52 Å². The number of nitrogens with one attached hydrogen (secondary N) is 1. The zero-order valence-corrected chi connectivity index (χ0v) is 11.3. The van der Waals surface area contributed by atoms with Gasteiger partial charge >= 0.3 is 0 Å². The van der Waals surface area contributed by atoms with Crippen molar-refractivity contribution in [3.63, 3.8) is 0 Å². The first-order valence-electron chi connectivity index (χ1n) is 5.34. The Labute approximate surface area is 112 Å². The normalized spacial score (nSPS) is 10.3. The number of aromatic nitrogens is 3. The molecule has 7 heteroatoms. The maximum absolute atomic E-state index is 11.8. The summed E-state index contributed by atoms with van der Waals surface area (Å²) in [7, 11) is 0. The fraction of sp³-hybridized carbons (Fsp3) is 0.273. The molecule has 0 bridgehead atoms. The third kappa shape index (κ3) is 3.13. The van der Waals surface area contributed by atoms with Gasteiger partial charge in [-0.3, -0.25) is 4.79 Å². The van der Waals surface area contributed by atoms with Gasteiger partial charge in [-0.15, -0.1) is 0 Å². The third-order valence-corrected chi connectivity index (χ3v) is 2.82. The fourth-order valence-electron chi connectivity index (χ4n) is 1.37. The summed E-state index contributed by atoms with van der Waals surface area (Å²) in [5.74, 6) is 0.861. The highest BCUT2D eigenvalue weighted by Gasteiger charge is 2.10. The lowest BCUT2D eigenvalue weighted by molar-refractivity contribution is 0.0948. The van der Waals surface area contributed by atoms with E-state index in [-0.39, 0.29) is 5.91 Å². The molecule has 0 aliphatic rings. The lowest BCUT2D eigenvalue weighted by atomic mass is 10.3. The molecule has 2 aromatic rings. The van der Waals surface area contributed by atoms with Crippen molar-refractivity contribution in [2.75, 3.05) is 6.54 Å². The lowest BCUT2D eigenvalue weighted by Crippen LogP contribution is -2.27. The van der Waals surface area contributed by atoms with Crippen LogP contribution in [0.1, 0.15) is 22.2 Å². The first kappa shape index (κ1) is 12.7. The minimum atomic E-state index is -0.234. The van der Waals surface area contributed by atoms with Crippen LogP contribution in [0, 0.1) is 6.92 Å². The van der Waals surface area contributed by atoms with E-state index in [1.807, 2.05) is 0 Å². The largest absolute Gasteiger partial charge is 0.350 e. The van der Waals surface area contributed by atoms with E-state index < -0.39 is 0 Å². The summed E-state index contributed by atoms with van der Waals surface area (Å²) in [6.07, 6.45) is 2.09. The number of carbonyl (C=O) groups excluding carboxylic acids is 1. The van der Waals surface area contributed by atoms with Crippen LogP contribution in [-0.4, -0.2) is 27.6 Å². The van der Waals surface area contributed by atoms with Crippen molar-refractivity contribution >= 4 is 21.8 Å². The molecule has 0 spiro atoms. The minimum Gasteiger partial charge on any atom is -0.350 e. The van der Waals surface area contributed by atoms with Gasteiger partial charge in [0.1, 0.15) is 5.69 Å². The van der Waals surface area contributed by atoms with Gasteiger partial charge in [-0.1, -0.05) is 5.16 Å². The molecule has 0 unspecified atom stereocenters. The molecule has 94 valence electrons. The topological polar surface area (TPSA) is 80.9 Å². The minimum absolute atomic E-state index is 0.234. The second-order valence-electron chi connectivity index (χ2n) is 3.57. The Bertz CT molecular complexity index is 555. The van der Waals surface area contributed by atoms with Crippen molar-refractivity contribution in [1.82, 2.24) is 20.4 Å². The maximum Gasteiger partial charge on any atom is 0.271 e. The van der Waals surface area contributed by atoms with Crippen molar-refractivity contribution in [3.05, 3.63) is 40.2 Å². The standard InChI is InChI=1S/C11H11BrN4O2/c1-7-15-9(16-18-7)4-6-14-11(17)10-8(12)3-2-5-13-10/h2-3,5H,4,6H2,1H3,(H,14,17). The molecule has 0 atom stereocenters. The average molecular weight is 311 g/mol. The molecule has 0 aromatic carbocycles. The van der Waals surface area contributed by atoms with Gasteiger partial charge in [-0.2, -0.15) is 4.98 Å². The van der Waals surface area contributed by atoms with Crippen LogP contribution in [-0.2, 0) is 6.42 Å².